The van der Waals surface area contributed by atoms with Gasteiger partial charge in [0, 0.05) is 25.0 Å². The van der Waals surface area contributed by atoms with Crippen molar-refractivity contribution in [1.29, 1.82) is 0 Å². The molecule has 0 saturated carbocycles. The Balaban J connectivity index is 2.16. The molecular formula is C16H16F2O4S2. The molecule has 0 radical (unpaired) electrons. The molecule has 0 spiro atoms. The molecule has 0 aliphatic heterocycles. The molecule has 8 heteroatoms. The smallest absolute Gasteiger partial charge is 0.177 e. The van der Waals surface area contributed by atoms with Crippen LogP contribution >= 0.6 is 22.7 Å². The van der Waals surface area contributed by atoms with Crippen molar-refractivity contribution in [3.05, 3.63) is 22.4 Å². The van der Waals surface area contributed by atoms with Gasteiger partial charge in [0.2, 0.25) is 0 Å². The molecule has 3 rings (SSSR count). The van der Waals surface area contributed by atoms with Gasteiger partial charge in [0.05, 0.1) is 22.6 Å². The van der Waals surface area contributed by atoms with Gasteiger partial charge >= 0.3 is 0 Å². The third-order valence-corrected chi connectivity index (χ3v) is 5.22. The lowest BCUT2D eigenvalue weighted by Gasteiger charge is -2.13. The minimum atomic E-state index is -0.351. The first-order valence-electron chi connectivity index (χ1n) is 7.23. The van der Waals surface area contributed by atoms with Gasteiger partial charge in [0.1, 0.15) is 24.7 Å². The molecule has 1 aromatic carbocycles. The number of methoxy groups -OCH3 is 2. The highest BCUT2D eigenvalue weighted by Gasteiger charge is 2.22. The average Bonchev–Trinajstić information content (AvgIpc) is 3.11. The predicted octanol–water partition coefficient (Wildman–Crippen LogP) is 4.44. The monoisotopic (exact) mass is 374 g/mol. The van der Waals surface area contributed by atoms with E-state index in [1.165, 1.54) is 12.1 Å². The second-order valence-corrected chi connectivity index (χ2v) is 6.93. The highest BCUT2D eigenvalue weighted by molar-refractivity contribution is 7.20. The normalized spacial score (nSPS) is 11.5. The fourth-order valence-electron chi connectivity index (χ4n) is 2.38. The Morgan fingerprint density at radius 1 is 0.750 bits per heavy atom. The second-order valence-electron chi connectivity index (χ2n) is 4.93. The molecule has 0 saturated heterocycles. The Kier molecular flexibility index (Phi) is 5.50. The summed E-state index contributed by atoms with van der Waals surface area (Å²) in [5, 5.41) is 0.457. The fourth-order valence-corrected chi connectivity index (χ4v) is 4.17. The van der Waals surface area contributed by atoms with Crippen molar-refractivity contribution in [3.8, 4) is 11.5 Å². The van der Waals surface area contributed by atoms with Crippen molar-refractivity contribution in [2.45, 2.75) is 0 Å². The zero-order valence-corrected chi connectivity index (χ0v) is 14.8. The lowest BCUT2D eigenvalue weighted by atomic mass is 10.1. The van der Waals surface area contributed by atoms with E-state index in [9.17, 15) is 8.78 Å². The van der Waals surface area contributed by atoms with Crippen molar-refractivity contribution in [3.63, 3.8) is 0 Å². The van der Waals surface area contributed by atoms with Gasteiger partial charge in [-0.25, -0.2) is 0 Å². The first-order chi connectivity index (χ1) is 11.7. The van der Waals surface area contributed by atoms with Crippen LogP contribution in [0.2, 0.25) is 0 Å². The first kappa shape index (κ1) is 17.3. The van der Waals surface area contributed by atoms with Crippen molar-refractivity contribution >= 4 is 42.8 Å². The molecule has 0 aliphatic rings. The van der Waals surface area contributed by atoms with Crippen molar-refractivity contribution in [2.24, 2.45) is 0 Å². The van der Waals surface area contributed by atoms with Crippen LogP contribution in [0.4, 0.5) is 8.78 Å². The number of fused-ring (bicyclic) bond motifs is 2. The first-order valence-corrected chi connectivity index (χ1v) is 8.86. The Morgan fingerprint density at radius 2 is 1.17 bits per heavy atom. The molecule has 0 atom stereocenters. The lowest BCUT2D eigenvalue weighted by Crippen LogP contribution is -2.06. The number of hydrogen-bond acceptors (Lipinski definition) is 6. The minimum Gasteiger partial charge on any atom is -0.489 e. The summed E-state index contributed by atoms with van der Waals surface area (Å²) in [6.07, 6.45) is 0. The Hall–Kier alpha value is -1.48. The van der Waals surface area contributed by atoms with Crippen LogP contribution in [0.5, 0.6) is 11.5 Å². The molecule has 0 N–H and O–H groups in total. The van der Waals surface area contributed by atoms with Gasteiger partial charge in [-0.05, 0) is 12.1 Å². The highest BCUT2D eigenvalue weighted by atomic mass is 32.1. The van der Waals surface area contributed by atoms with Gasteiger partial charge in [0.15, 0.2) is 10.3 Å². The fraction of sp³-hybridized carbons (Fsp3) is 0.375. The molecule has 0 fully saturated rings. The van der Waals surface area contributed by atoms with Crippen LogP contribution < -0.4 is 9.47 Å². The van der Waals surface area contributed by atoms with E-state index < -0.39 is 0 Å². The standard InChI is InChI=1S/C16H16F2O4S2/c1-19-3-5-21-13-9-7-11(17)24-16(9)14(22-6-4-20-2)10-8-12(18)23-15(10)13/h7-8H,3-6H2,1-2H3. The molecule has 4 nitrogen and oxygen atoms in total. The van der Waals surface area contributed by atoms with E-state index in [0.717, 1.165) is 22.7 Å². The summed E-state index contributed by atoms with van der Waals surface area (Å²) in [7, 11) is 3.13. The topological polar surface area (TPSA) is 36.9 Å². The van der Waals surface area contributed by atoms with Gasteiger partial charge in [-0.1, -0.05) is 0 Å². The Bertz CT molecular complexity index is 721. The number of halogens is 2. The third-order valence-electron chi connectivity index (χ3n) is 3.37. The van der Waals surface area contributed by atoms with Crippen molar-refractivity contribution in [1.82, 2.24) is 0 Å². The van der Waals surface area contributed by atoms with Gasteiger partial charge < -0.3 is 18.9 Å². The van der Waals surface area contributed by atoms with Crippen LogP contribution in [-0.4, -0.2) is 40.6 Å². The van der Waals surface area contributed by atoms with E-state index in [1.54, 1.807) is 14.2 Å². The van der Waals surface area contributed by atoms with Crippen LogP contribution in [0.15, 0.2) is 12.1 Å². The number of benzene rings is 1. The quantitative estimate of drug-likeness (QED) is 0.546. The van der Waals surface area contributed by atoms with E-state index >= 15 is 0 Å². The summed E-state index contributed by atoms with van der Waals surface area (Å²) in [6.45, 7) is 1.36. The number of rotatable bonds is 8. The Labute approximate surface area is 145 Å². The molecule has 0 aliphatic carbocycles. The van der Waals surface area contributed by atoms with Gasteiger partial charge in [-0.2, -0.15) is 8.78 Å². The summed E-state index contributed by atoms with van der Waals surface area (Å²) in [6, 6.07) is 2.78. The molecule has 0 amide bonds. The molecule has 2 aromatic heterocycles. The number of thiophene rings is 2. The van der Waals surface area contributed by atoms with Crippen LogP contribution in [0.3, 0.4) is 0 Å². The molecule has 0 bridgehead atoms. The number of hydrogen-bond donors (Lipinski definition) is 0. The summed E-state index contributed by atoms with van der Waals surface area (Å²) in [4.78, 5) is 0. The second kappa shape index (κ2) is 7.60. The Morgan fingerprint density at radius 3 is 1.54 bits per heavy atom. The van der Waals surface area contributed by atoms with Crippen molar-refractivity contribution in [2.75, 3.05) is 40.6 Å². The zero-order chi connectivity index (χ0) is 17.1. The van der Waals surface area contributed by atoms with Crippen molar-refractivity contribution < 1.29 is 27.7 Å². The van der Waals surface area contributed by atoms with Crippen LogP contribution in [0.25, 0.3) is 20.2 Å². The van der Waals surface area contributed by atoms with E-state index in [1.807, 2.05) is 0 Å². The largest absolute Gasteiger partial charge is 0.489 e. The maximum absolute atomic E-state index is 13.9. The molecule has 2 heterocycles. The van der Waals surface area contributed by atoms with Crippen LogP contribution in [0.1, 0.15) is 0 Å². The predicted molar refractivity (Wildman–Crippen MR) is 91.9 cm³/mol. The van der Waals surface area contributed by atoms with Gasteiger partial charge in [-0.3, -0.25) is 0 Å². The average molecular weight is 374 g/mol. The van der Waals surface area contributed by atoms with E-state index in [-0.39, 0.29) is 10.3 Å². The van der Waals surface area contributed by atoms with E-state index in [0.29, 0.717) is 58.1 Å². The molecular weight excluding hydrogens is 358 g/mol. The van der Waals surface area contributed by atoms with Gasteiger partial charge in [0.25, 0.3) is 0 Å². The molecule has 3 aromatic rings. The maximum atomic E-state index is 13.9. The lowest BCUT2D eigenvalue weighted by molar-refractivity contribution is 0.147. The zero-order valence-electron chi connectivity index (χ0n) is 13.2. The summed E-state index contributed by atoms with van der Waals surface area (Å²) < 4.78 is 50.4. The SMILES string of the molecule is COCCOc1c2cc(F)sc2c(OCCOC)c2cc(F)sc12. The molecule has 24 heavy (non-hydrogen) atoms. The molecule has 0 unspecified atom stereocenters. The van der Waals surface area contributed by atoms with Gasteiger partial charge in [-0.15, -0.1) is 22.7 Å². The summed E-state index contributed by atoms with van der Waals surface area (Å²) in [5.41, 5.74) is 0. The summed E-state index contributed by atoms with van der Waals surface area (Å²) >= 11 is 1.91. The third kappa shape index (κ3) is 3.32. The minimum absolute atomic E-state index is 0.293. The van der Waals surface area contributed by atoms with E-state index in [2.05, 4.69) is 0 Å². The van der Waals surface area contributed by atoms with Crippen LogP contribution in [-0.2, 0) is 9.47 Å². The molecule has 130 valence electrons. The highest BCUT2D eigenvalue weighted by Crippen LogP contribution is 2.48. The summed E-state index contributed by atoms with van der Waals surface area (Å²) in [5.74, 6) is 0.926. The maximum Gasteiger partial charge on any atom is 0.177 e. The number of ether oxygens (including phenoxy) is 4. The van der Waals surface area contributed by atoms with E-state index in [4.69, 9.17) is 18.9 Å². The van der Waals surface area contributed by atoms with Crippen LogP contribution in [0, 0.1) is 10.3 Å².